The molecule has 1 atom stereocenters. The molecule has 1 fully saturated rings. The molecular weight excluding hydrogens is 328 g/mol. The van der Waals surface area contributed by atoms with E-state index < -0.39 is 0 Å². The van der Waals surface area contributed by atoms with Gasteiger partial charge in [0.15, 0.2) is 0 Å². The molecule has 1 heterocycles. The zero-order valence-corrected chi connectivity index (χ0v) is 15.4. The molecule has 0 aromatic heterocycles. The molecular formula is C18H29ClN2O3. The predicted molar refractivity (Wildman–Crippen MR) is 97.9 cm³/mol. The van der Waals surface area contributed by atoms with Crippen molar-refractivity contribution in [1.29, 1.82) is 0 Å². The summed E-state index contributed by atoms with van der Waals surface area (Å²) >= 11 is 0. The van der Waals surface area contributed by atoms with Crippen LogP contribution in [0.2, 0.25) is 0 Å². The molecule has 1 aliphatic heterocycles. The van der Waals surface area contributed by atoms with E-state index in [4.69, 9.17) is 15.2 Å². The van der Waals surface area contributed by atoms with Gasteiger partial charge < -0.3 is 20.1 Å². The summed E-state index contributed by atoms with van der Waals surface area (Å²) in [5.74, 6) is 0.813. The Morgan fingerprint density at radius 3 is 2.71 bits per heavy atom. The van der Waals surface area contributed by atoms with Crippen LogP contribution in [0.1, 0.15) is 37.7 Å². The Kier molecular flexibility index (Phi) is 9.11. The van der Waals surface area contributed by atoms with Gasteiger partial charge in [-0.05, 0) is 50.4 Å². The highest BCUT2D eigenvalue weighted by molar-refractivity contribution is 5.85. The quantitative estimate of drug-likeness (QED) is 0.762. The molecule has 24 heavy (non-hydrogen) atoms. The number of hydrogen-bond donors (Lipinski definition) is 1. The highest BCUT2D eigenvalue weighted by Gasteiger charge is 2.27. The Morgan fingerprint density at radius 1 is 1.38 bits per heavy atom. The molecule has 136 valence electrons. The lowest BCUT2D eigenvalue weighted by atomic mass is 9.97. The molecule has 2 N–H and O–H groups in total. The summed E-state index contributed by atoms with van der Waals surface area (Å²) in [5, 5.41) is 0. The van der Waals surface area contributed by atoms with Crippen LogP contribution >= 0.6 is 12.4 Å². The third-order valence-electron chi connectivity index (χ3n) is 4.42. The van der Waals surface area contributed by atoms with Crippen LogP contribution in [0.25, 0.3) is 0 Å². The molecule has 0 aliphatic carbocycles. The van der Waals surface area contributed by atoms with Gasteiger partial charge in [-0.3, -0.25) is 4.79 Å². The highest BCUT2D eigenvalue weighted by atomic mass is 35.5. The van der Waals surface area contributed by atoms with Gasteiger partial charge in [-0.25, -0.2) is 0 Å². The largest absolute Gasteiger partial charge is 0.497 e. The number of ether oxygens (including phenoxy) is 2. The Balaban J connectivity index is 0.00000288. The van der Waals surface area contributed by atoms with E-state index in [9.17, 15) is 4.79 Å². The van der Waals surface area contributed by atoms with Gasteiger partial charge in [0.25, 0.3) is 0 Å². The summed E-state index contributed by atoms with van der Waals surface area (Å²) < 4.78 is 11.0. The van der Waals surface area contributed by atoms with Crippen LogP contribution in [0, 0.1) is 0 Å². The topological polar surface area (TPSA) is 64.8 Å². The number of nitrogens with zero attached hydrogens (tertiary/aromatic N) is 1. The number of methoxy groups -OCH3 is 1. The van der Waals surface area contributed by atoms with Crippen molar-refractivity contribution in [3.8, 4) is 5.75 Å². The number of likely N-dealkylation sites (tertiary alicyclic amines) is 1. The van der Waals surface area contributed by atoms with Crippen LogP contribution in [0.15, 0.2) is 24.3 Å². The summed E-state index contributed by atoms with van der Waals surface area (Å²) in [5.41, 5.74) is 6.47. The summed E-state index contributed by atoms with van der Waals surface area (Å²) in [4.78, 5) is 14.6. The second kappa shape index (κ2) is 10.5. The van der Waals surface area contributed by atoms with Gasteiger partial charge in [-0.2, -0.15) is 0 Å². The Morgan fingerprint density at radius 2 is 2.08 bits per heavy atom. The maximum Gasteiger partial charge on any atom is 0.229 e. The highest BCUT2D eigenvalue weighted by Crippen LogP contribution is 2.24. The lowest BCUT2D eigenvalue weighted by molar-refractivity contribution is -0.135. The molecule has 0 bridgehead atoms. The monoisotopic (exact) mass is 356 g/mol. The molecule has 1 unspecified atom stereocenters. The predicted octanol–water partition coefficient (Wildman–Crippen LogP) is 2.58. The van der Waals surface area contributed by atoms with E-state index in [2.05, 4.69) is 0 Å². The smallest absolute Gasteiger partial charge is 0.229 e. The molecule has 0 saturated carbocycles. The number of carbonyl (C=O) groups excluding carboxylic acids is 1. The number of nitrogens with two attached hydrogens (primary N) is 1. The van der Waals surface area contributed by atoms with Gasteiger partial charge in [0.05, 0.1) is 19.1 Å². The lowest BCUT2D eigenvalue weighted by Gasteiger charge is -2.33. The first-order valence-corrected chi connectivity index (χ1v) is 8.40. The van der Waals surface area contributed by atoms with Gasteiger partial charge in [-0.1, -0.05) is 12.1 Å². The fourth-order valence-electron chi connectivity index (χ4n) is 2.90. The molecule has 1 aromatic carbocycles. The van der Waals surface area contributed by atoms with Crippen LogP contribution in [0.4, 0.5) is 0 Å². The van der Waals surface area contributed by atoms with E-state index in [1.165, 1.54) is 0 Å². The number of amides is 1. The Labute approximate surface area is 150 Å². The Hall–Kier alpha value is -1.30. The van der Waals surface area contributed by atoms with E-state index in [1.54, 1.807) is 7.11 Å². The molecule has 5 nitrogen and oxygen atoms in total. The van der Waals surface area contributed by atoms with E-state index >= 15 is 0 Å². The van der Waals surface area contributed by atoms with Crippen molar-refractivity contribution in [2.24, 2.45) is 5.73 Å². The third kappa shape index (κ3) is 5.65. The van der Waals surface area contributed by atoms with E-state index in [0.717, 1.165) is 50.3 Å². The molecule has 2 rings (SSSR count). The summed E-state index contributed by atoms with van der Waals surface area (Å²) in [6.45, 7) is 4.87. The van der Waals surface area contributed by atoms with Gasteiger partial charge in [0.1, 0.15) is 5.75 Å². The van der Waals surface area contributed by atoms with Gasteiger partial charge >= 0.3 is 0 Å². The van der Waals surface area contributed by atoms with Crippen molar-refractivity contribution in [3.63, 3.8) is 0 Å². The second-order valence-corrected chi connectivity index (χ2v) is 6.04. The summed E-state index contributed by atoms with van der Waals surface area (Å²) in [6.07, 6.45) is 2.96. The minimum absolute atomic E-state index is 0. The minimum Gasteiger partial charge on any atom is -0.497 e. The average Bonchev–Trinajstić information content (AvgIpc) is 2.61. The van der Waals surface area contributed by atoms with Crippen molar-refractivity contribution in [2.45, 2.75) is 38.2 Å². The Bertz CT molecular complexity index is 505. The third-order valence-corrected chi connectivity index (χ3v) is 4.42. The van der Waals surface area contributed by atoms with Crippen LogP contribution in [-0.2, 0) is 9.53 Å². The number of piperidine rings is 1. The standard InChI is InChI=1S/C18H28N2O3.ClH/c1-14(15-5-3-6-17(13-15)22-2)18(21)20-10-7-16(8-11-20)23-12-4-9-19;/h3,5-6,13-14,16H,4,7-12,19H2,1-2H3;1H. The number of rotatable bonds is 7. The fourth-order valence-corrected chi connectivity index (χ4v) is 2.90. The fraction of sp³-hybridized carbons (Fsp3) is 0.611. The number of hydrogen-bond acceptors (Lipinski definition) is 4. The van der Waals surface area contributed by atoms with Crippen molar-refractivity contribution >= 4 is 18.3 Å². The van der Waals surface area contributed by atoms with Crippen molar-refractivity contribution in [2.75, 3.05) is 33.4 Å². The molecule has 1 saturated heterocycles. The minimum atomic E-state index is -0.153. The van der Waals surface area contributed by atoms with Gasteiger partial charge in [-0.15, -0.1) is 12.4 Å². The number of benzene rings is 1. The van der Waals surface area contributed by atoms with E-state index in [0.29, 0.717) is 6.54 Å². The van der Waals surface area contributed by atoms with E-state index in [-0.39, 0.29) is 30.3 Å². The van der Waals surface area contributed by atoms with Crippen LogP contribution < -0.4 is 10.5 Å². The zero-order chi connectivity index (χ0) is 16.7. The summed E-state index contributed by atoms with van der Waals surface area (Å²) in [6, 6.07) is 7.74. The molecule has 0 spiro atoms. The van der Waals surface area contributed by atoms with Gasteiger partial charge in [0.2, 0.25) is 5.91 Å². The SMILES string of the molecule is COc1cccc(C(C)C(=O)N2CCC(OCCCN)CC2)c1.Cl. The van der Waals surface area contributed by atoms with E-state index in [1.807, 2.05) is 36.1 Å². The van der Waals surface area contributed by atoms with Crippen LogP contribution in [0.5, 0.6) is 5.75 Å². The molecule has 1 amide bonds. The maximum absolute atomic E-state index is 12.7. The van der Waals surface area contributed by atoms with Gasteiger partial charge in [0, 0.05) is 19.7 Å². The number of halogens is 1. The average molecular weight is 357 g/mol. The molecule has 6 heteroatoms. The maximum atomic E-state index is 12.7. The first-order valence-electron chi connectivity index (χ1n) is 8.40. The molecule has 1 aromatic rings. The van der Waals surface area contributed by atoms with Crippen LogP contribution in [-0.4, -0.2) is 50.3 Å². The lowest BCUT2D eigenvalue weighted by Crippen LogP contribution is -2.42. The first kappa shape index (κ1) is 20.7. The molecule has 1 aliphatic rings. The van der Waals surface area contributed by atoms with Crippen molar-refractivity contribution < 1.29 is 14.3 Å². The molecule has 0 radical (unpaired) electrons. The first-order chi connectivity index (χ1) is 11.2. The normalized spacial score (nSPS) is 16.4. The van der Waals surface area contributed by atoms with Crippen LogP contribution in [0.3, 0.4) is 0 Å². The zero-order valence-electron chi connectivity index (χ0n) is 14.6. The number of carbonyl (C=O) groups is 1. The second-order valence-electron chi connectivity index (χ2n) is 6.04. The summed E-state index contributed by atoms with van der Waals surface area (Å²) in [7, 11) is 1.64. The van der Waals surface area contributed by atoms with Crippen molar-refractivity contribution in [3.05, 3.63) is 29.8 Å². The van der Waals surface area contributed by atoms with Crippen molar-refractivity contribution in [1.82, 2.24) is 4.90 Å².